The van der Waals surface area contributed by atoms with Crippen molar-refractivity contribution in [2.45, 2.75) is 18.4 Å². The number of phenolic OH excluding ortho intramolecular Hbond substituents is 1. The van der Waals surface area contributed by atoms with Crippen LogP contribution in [0.1, 0.15) is 29.7 Å². The van der Waals surface area contributed by atoms with Gasteiger partial charge in [-0.2, -0.15) is 0 Å². The number of hydrogen-bond acceptors (Lipinski definition) is 3. The maximum absolute atomic E-state index is 11.3. The second kappa shape index (κ2) is 6.23. The quantitative estimate of drug-likeness (QED) is 0.770. The number of phenols is 1. The molecule has 0 amide bonds. The van der Waals surface area contributed by atoms with Crippen LogP contribution in [-0.4, -0.2) is 15.2 Å². The predicted molar refractivity (Wildman–Crippen MR) is 90.2 cm³/mol. The van der Waals surface area contributed by atoms with Gasteiger partial charge in [0.2, 0.25) is 0 Å². The molecule has 0 aliphatic heterocycles. The number of pyridine rings is 1. The van der Waals surface area contributed by atoms with E-state index in [0.717, 1.165) is 16.8 Å². The molecule has 0 saturated carbocycles. The fourth-order valence-electron chi connectivity index (χ4n) is 2.94. The van der Waals surface area contributed by atoms with Crippen LogP contribution in [0.5, 0.6) is 5.75 Å². The normalized spacial score (nSPS) is 14.9. The van der Waals surface area contributed by atoms with E-state index in [4.69, 9.17) is 0 Å². The SMILES string of the molecule is C[C@@](O)(c1ccc(O)cc1)[C@@H](c1ccccc1)c1ccccn1. The average Bonchev–Trinajstić information content (AvgIpc) is 2.57. The van der Waals surface area contributed by atoms with Gasteiger partial charge in [0.05, 0.1) is 17.2 Å². The molecule has 0 fully saturated rings. The Kier molecular flexibility index (Phi) is 4.13. The van der Waals surface area contributed by atoms with Crippen LogP contribution in [0.4, 0.5) is 0 Å². The molecule has 0 spiro atoms. The minimum absolute atomic E-state index is 0.179. The van der Waals surface area contributed by atoms with Crippen LogP contribution in [0, 0.1) is 0 Å². The smallest absolute Gasteiger partial charge is 0.115 e. The van der Waals surface area contributed by atoms with E-state index in [0.29, 0.717) is 0 Å². The monoisotopic (exact) mass is 305 g/mol. The van der Waals surface area contributed by atoms with E-state index in [9.17, 15) is 10.2 Å². The van der Waals surface area contributed by atoms with E-state index in [-0.39, 0.29) is 11.7 Å². The molecule has 0 bridgehead atoms. The Balaban J connectivity index is 2.13. The van der Waals surface area contributed by atoms with Crippen LogP contribution in [0.25, 0.3) is 0 Å². The van der Waals surface area contributed by atoms with Gasteiger partial charge in [0.1, 0.15) is 5.75 Å². The molecule has 2 aromatic carbocycles. The number of hydrogen-bond donors (Lipinski definition) is 2. The maximum atomic E-state index is 11.3. The zero-order valence-corrected chi connectivity index (χ0v) is 12.9. The van der Waals surface area contributed by atoms with Gasteiger partial charge in [0, 0.05) is 6.20 Å². The maximum Gasteiger partial charge on any atom is 0.115 e. The predicted octanol–water partition coefficient (Wildman–Crippen LogP) is 3.83. The standard InChI is InChI=1S/C20H19NO2/c1-20(23,16-10-12-17(22)13-11-16)19(15-7-3-2-4-8-15)18-9-5-6-14-21-18/h2-14,19,22-23H,1H3/t19-,20+/m0/s1. The van der Waals surface area contributed by atoms with E-state index in [1.165, 1.54) is 0 Å². The molecule has 3 rings (SSSR count). The molecule has 0 unspecified atom stereocenters. The van der Waals surface area contributed by atoms with Crippen molar-refractivity contribution < 1.29 is 10.2 Å². The summed E-state index contributed by atoms with van der Waals surface area (Å²) in [5.41, 5.74) is 1.36. The number of aliphatic hydroxyl groups is 1. The highest BCUT2D eigenvalue weighted by Gasteiger charge is 2.36. The van der Waals surface area contributed by atoms with Gasteiger partial charge in [0.25, 0.3) is 0 Å². The highest BCUT2D eigenvalue weighted by molar-refractivity contribution is 5.38. The zero-order valence-electron chi connectivity index (χ0n) is 12.9. The Morgan fingerprint density at radius 2 is 1.52 bits per heavy atom. The van der Waals surface area contributed by atoms with Crippen molar-refractivity contribution in [2.24, 2.45) is 0 Å². The van der Waals surface area contributed by atoms with Gasteiger partial charge in [-0.05, 0) is 42.3 Å². The molecule has 116 valence electrons. The summed E-state index contributed by atoms with van der Waals surface area (Å²) in [6, 6.07) is 22.2. The van der Waals surface area contributed by atoms with Crippen LogP contribution in [0.2, 0.25) is 0 Å². The molecular weight excluding hydrogens is 286 g/mol. The molecule has 2 atom stereocenters. The molecule has 3 aromatic rings. The van der Waals surface area contributed by atoms with Gasteiger partial charge >= 0.3 is 0 Å². The van der Waals surface area contributed by atoms with Crippen molar-refractivity contribution in [1.82, 2.24) is 4.98 Å². The first-order valence-electron chi connectivity index (χ1n) is 7.57. The Morgan fingerprint density at radius 1 is 0.870 bits per heavy atom. The van der Waals surface area contributed by atoms with Crippen molar-refractivity contribution in [3.05, 3.63) is 95.8 Å². The number of nitrogens with zero attached hydrogens (tertiary/aromatic N) is 1. The van der Waals surface area contributed by atoms with E-state index < -0.39 is 5.60 Å². The molecule has 0 aliphatic rings. The van der Waals surface area contributed by atoms with Crippen LogP contribution >= 0.6 is 0 Å². The van der Waals surface area contributed by atoms with E-state index in [1.807, 2.05) is 48.5 Å². The van der Waals surface area contributed by atoms with Gasteiger partial charge < -0.3 is 10.2 Å². The van der Waals surface area contributed by atoms with Crippen LogP contribution < -0.4 is 0 Å². The summed E-state index contributed by atoms with van der Waals surface area (Å²) in [7, 11) is 0. The molecule has 0 aliphatic carbocycles. The van der Waals surface area contributed by atoms with Crippen LogP contribution in [0.3, 0.4) is 0 Å². The van der Waals surface area contributed by atoms with Crippen LogP contribution in [0.15, 0.2) is 79.0 Å². The second-order valence-electron chi connectivity index (χ2n) is 5.79. The molecule has 2 N–H and O–H groups in total. The zero-order chi connectivity index (χ0) is 16.3. The van der Waals surface area contributed by atoms with Gasteiger partial charge in [-0.15, -0.1) is 0 Å². The first-order valence-corrected chi connectivity index (χ1v) is 7.57. The average molecular weight is 305 g/mol. The molecule has 0 saturated heterocycles. The van der Waals surface area contributed by atoms with E-state index >= 15 is 0 Å². The third-order valence-corrected chi connectivity index (χ3v) is 4.13. The summed E-state index contributed by atoms with van der Waals surface area (Å²) in [6.45, 7) is 1.78. The van der Waals surface area contributed by atoms with Crippen molar-refractivity contribution in [2.75, 3.05) is 0 Å². The lowest BCUT2D eigenvalue weighted by molar-refractivity contribution is 0.0380. The summed E-state index contributed by atoms with van der Waals surface area (Å²) in [5.74, 6) is -0.131. The Bertz CT molecular complexity index is 713. The molecule has 23 heavy (non-hydrogen) atoms. The van der Waals surface area contributed by atoms with Gasteiger partial charge in [-0.1, -0.05) is 48.5 Å². The van der Waals surface area contributed by atoms with Crippen molar-refractivity contribution in [1.29, 1.82) is 0 Å². The van der Waals surface area contributed by atoms with Crippen LogP contribution in [-0.2, 0) is 5.60 Å². The lowest BCUT2D eigenvalue weighted by atomic mass is 9.76. The lowest BCUT2D eigenvalue weighted by Gasteiger charge is -2.33. The van der Waals surface area contributed by atoms with Crippen molar-refractivity contribution in [3.8, 4) is 5.75 Å². The fraction of sp³-hybridized carbons (Fsp3) is 0.150. The number of rotatable bonds is 4. The summed E-state index contributed by atoms with van der Waals surface area (Å²) in [4.78, 5) is 4.46. The van der Waals surface area contributed by atoms with Gasteiger partial charge in [0.15, 0.2) is 0 Å². The Labute approximate surface area is 135 Å². The molecule has 3 heteroatoms. The van der Waals surface area contributed by atoms with Gasteiger partial charge in [-0.25, -0.2) is 0 Å². The van der Waals surface area contributed by atoms with E-state index in [1.54, 1.807) is 37.4 Å². The van der Waals surface area contributed by atoms with Gasteiger partial charge in [-0.3, -0.25) is 4.98 Å². The topological polar surface area (TPSA) is 53.4 Å². The summed E-state index contributed by atoms with van der Waals surface area (Å²) in [5, 5.41) is 20.8. The lowest BCUT2D eigenvalue weighted by Crippen LogP contribution is -2.31. The molecule has 0 radical (unpaired) electrons. The highest BCUT2D eigenvalue weighted by Crippen LogP contribution is 2.41. The highest BCUT2D eigenvalue weighted by atomic mass is 16.3. The first-order chi connectivity index (χ1) is 11.1. The summed E-state index contributed by atoms with van der Waals surface area (Å²) in [6.07, 6.45) is 1.73. The molecule has 1 aromatic heterocycles. The molecule has 1 heterocycles. The third kappa shape index (κ3) is 3.10. The second-order valence-corrected chi connectivity index (χ2v) is 5.79. The largest absolute Gasteiger partial charge is 0.508 e. The Morgan fingerprint density at radius 3 is 2.13 bits per heavy atom. The minimum atomic E-state index is -1.16. The summed E-state index contributed by atoms with van der Waals surface area (Å²) < 4.78 is 0. The number of aromatic nitrogens is 1. The van der Waals surface area contributed by atoms with E-state index in [2.05, 4.69) is 4.98 Å². The number of aromatic hydroxyl groups is 1. The minimum Gasteiger partial charge on any atom is -0.508 e. The van der Waals surface area contributed by atoms with Crippen molar-refractivity contribution in [3.63, 3.8) is 0 Å². The number of benzene rings is 2. The summed E-state index contributed by atoms with van der Waals surface area (Å²) >= 11 is 0. The molecular formula is C20H19NO2. The molecule has 3 nitrogen and oxygen atoms in total. The van der Waals surface area contributed by atoms with Crippen molar-refractivity contribution >= 4 is 0 Å². The fourth-order valence-corrected chi connectivity index (χ4v) is 2.94. The third-order valence-electron chi connectivity index (χ3n) is 4.13. The Hall–Kier alpha value is -2.65. The first kappa shape index (κ1) is 15.3.